The molecule has 0 aliphatic heterocycles. The van der Waals surface area contributed by atoms with E-state index in [9.17, 15) is 19.8 Å². The SMILES string of the molecule is CC/C(=N\OC(=O)CC(=O)O/N=C(\CC)c1ccccc1O)c1ccccc1O. The molecule has 0 unspecified atom stereocenters. The molecule has 2 aromatic carbocycles. The molecular formula is C21H22N2O6. The van der Waals surface area contributed by atoms with E-state index in [2.05, 4.69) is 10.3 Å². The van der Waals surface area contributed by atoms with Gasteiger partial charge in [-0.2, -0.15) is 0 Å². The summed E-state index contributed by atoms with van der Waals surface area (Å²) in [6.45, 7) is 3.57. The first-order valence-electron chi connectivity index (χ1n) is 9.06. The lowest BCUT2D eigenvalue weighted by Crippen LogP contribution is -2.12. The van der Waals surface area contributed by atoms with Gasteiger partial charge in [0.1, 0.15) is 17.9 Å². The van der Waals surface area contributed by atoms with Gasteiger partial charge >= 0.3 is 11.9 Å². The number of hydrogen-bond donors (Lipinski definition) is 2. The predicted octanol–water partition coefficient (Wildman–Crippen LogP) is 3.50. The first kappa shape index (κ1) is 21.6. The molecule has 0 radical (unpaired) electrons. The maximum Gasteiger partial charge on any atom is 0.346 e. The number of phenols is 2. The Balaban J connectivity index is 1.97. The fourth-order valence-corrected chi connectivity index (χ4v) is 2.44. The Bertz CT molecular complexity index is 861. The van der Waals surface area contributed by atoms with Crippen molar-refractivity contribution in [3.63, 3.8) is 0 Å². The molecule has 0 saturated carbocycles. The largest absolute Gasteiger partial charge is 0.507 e. The number of carbonyl (C=O) groups excluding carboxylic acids is 2. The minimum Gasteiger partial charge on any atom is -0.507 e. The molecule has 0 atom stereocenters. The summed E-state index contributed by atoms with van der Waals surface area (Å²) in [5.74, 6) is -1.83. The number of oxime groups is 2. The summed E-state index contributed by atoms with van der Waals surface area (Å²) in [6, 6.07) is 13.0. The molecule has 0 aliphatic rings. The molecule has 0 amide bonds. The summed E-state index contributed by atoms with van der Waals surface area (Å²) in [6.07, 6.45) is 0.114. The number of para-hydroxylation sites is 2. The third-order valence-corrected chi connectivity index (χ3v) is 3.90. The highest BCUT2D eigenvalue weighted by atomic mass is 16.7. The number of rotatable bonds is 8. The van der Waals surface area contributed by atoms with Gasteiger partial charge in [-0.05, 0) is 37.1 Å². The van der Waals surface area contributed by atoms with E-state index >= 15 is 0 Å². The van der Waals surface area contributed by atoms with Crippen LogP contribution in [0.15, 0.2) is 58.8 Å². The minimum absolute atomic E-state index is 0.00848. The highest BCUT2D eigenvalue weighted by Crippen LogP contribution is 2.19. The van der Waals surface area contributed by atoms with Gasteiger partial charge in [-0.1, -0.05) is 48.4 Å². The topological polar surface area (TPSA) is 118 Å². The quantitative estimate of drug-likeness (QED) is 0.304. The van der Waals surface area contributed by atoms with Gasteiger partial charge in [-0.25, -0.2) is 9.59 Å². The van der Waals surface area contributed by atoms with Gasteiger partial charge in [0.15, 0.2) is 0 Å². The minimum atomic E-state index is -0.924. The first-order valence-corrected chi connectivity index (χ1v) is 9.06. The molecule has 0 aliphatic carbocycles. The number of benzene rings is 2. The Hall–Kier alpha value is -3.68. The predicted molar refractivity (Wildman–Crippen MR) is 107 cm³/mol. The fourth-order valence-electron chi connectivity index (χ4n) is 2.44. The van der Waals surface area contributed by atoms with Crippen molar-refractivity contribution in [2.45, 2.75) is 33.1 Å². The molecule has 2 N–H and O–H groups in total. The van der Waals surface area contributed by atoms with Crippen molar-refractivity contribution >= 4 is 23.4 Å². The fraction of sp³-hybridized carbons (Fsp3) is 0.238. The van der Waals surface area contributed by atoms with E-state index in [4.69, 9.17) is 9.68 Å². The van der Waals surface area contributed by atoms with Crippen LogP contribution in [-0.4, -0.2) is 33.6 Å². The number of phenolic OH excluding ortho intramolecular Hbond substituents is 2. The second-order valence-corrected chi connectivity index (χ2v) is 5.92. The van der Waals surface area contributed by atoms with Crippen LogP contribution in [0.1, 0.15) is 44.2 Å². The summed E-state index contributed by atoms with van der Waals surface area (Å²) < 4.78 is 0. The Morgan fingerprint density at radius 2 is 1.14 bits per heavy atom. The van der Waals surface area contributed by atoms with Crippen molar-refractivity contribution < 1.29 is 29.5 Å². The van der Waals surface area contributed by atoms with Crippen molar-refractivity contribution in [3.8, 4) is 11.5 Å². The normalized spacial score (nSPS) is 11.8. The highest BCUT2D eigenvalue weighted by molar-refractivity contribution is 6.03. The van der Waals surface area contributed by atoms with Gasteiger partial charge in [0, 0.05) is 11.1 Å². The molecule has 0 heterocycles. The Labute approximate surface area is 168 Å². The molecule has 8 heteroatoms. The van der Waals surface area contributed by atoms with Crippen molar-refractivity contribution in [3.05, 3.63) is 59.7 Å². The van der Waals surface area contributed by atoms with Crippen LogP contribution in [0, 0.1) is 0 Å². The summed E-state index contributed by atoms with van der Waals surface area (Å²) >= 11 is 0. The van der Waals surface area contributed by atoms with Gasteiger partial charge in [-0.3, -0.25) is 0 Å². The van der Waals surface area contributed by atoms with Crippen LogP contribution in [0.25, 0.3) is 0 Å². The molecule has 0 bridgehead atoms. The molecule has 2 aromatic rings. The molecule has 0 saturated heterocycles. The first-order chi connectivity index (χ1) is 14.0. The van der Waals surface area contributed by atoms with Crippen LogP contribution in [0.5, 0.6) is 11.5 Å². The standard InChI is InChI=1S/C21H22N2O6/c1-3-16(14-9-5-7-11-18(14)24)22-28-20(26)13-21(27)29-23-17(4-2)15-10-6-8-12-19(15)25/h5-12,24-25H,3-4,13H2,1-2H3/b22-16+,23-17+. The van der Waals surface area contributed by atoms with Gasteiger partial charge in [-0.15, -0.1) is 0 Å². The Morgan fingerprint density at radius 1 is 0.759 bits per heavy atom. The number of hydrogen-bond acceptors (Lipinski definition) is 8. The van der Waals surface area contributed by atoms with Crippen LogP contribution in [0.3, 0.4) is 0 Å². The average Bonchev–Trinajstić information content (AvgIpc) is 2.71. The maximum atomic E-state index is 11.8. The molecule has 0 spiro atoms. The van der Waals surface area contributed by atoms with E-state index in [-0.39, 0.29) is 11.5 Å². The molecular weight excluding hydrogens is 376 g/mol. The van der Waals surface area contributed by atoms with E-state index in [1.165, 1.54) is 12.1 Å². The van der Waals surface area contributed by atoms with Gasteiger partial charge < -0.3 is 19.9 Å². The van der Waals surface area contributed by atoms with E-state index in [1.54, 1.807) is 50.2 Å². The zero-order valence-corrected chi connectivity index (χ0v) is 16.2. The number of carbonyl (C=O) groups is 2. The summed E-state index contributed by atoms with van der Waals surface area (Å²) in [5, 5.41) is 27.2. The van der Waals surface area contributed by atoms with Crippen LogP contribution in [0.2, 0.25) is 0 Å². The van der Waals surface area contributed by atoms with Gasteiger partial charge in [0.05, 0.1) is 11.4 Å². The second kappa shape index (κ2) is 10.6. The van der Waals surface area contributed by atoms with E-state index in [0.717, 1.165) is 0 Å². The van der Waals surface area contributed by atoms with Crippen LogP contribution >= 0.6 is 0 Å². The van der Waals surface area contributed by atoms with Crippen molar-refractivity contribution in [2.75, 3.05) is 0 Å². The molecule has 0 aromatic heterocycles. The molecule has 2 rings (SSSR count). The number of aromatic hydroxyl groups is 2. The third kappa shape index (κ3) is 6.17. The molecule has 0 fully saturated rings. The van der Waals surface area contributed by atoms with Crippen LogP contribution in [-0.2, 0) is 19.3 Å². The summed E-state index contributed by atoms with van der Waals surface area (Å²) in [4.78, 5) is 33.2. The van der Waals surface area contributed by atoms with Crippen molar-refractivity contribution in [1.29, 1.82) is 0 Å². The lowest BCUT2D eigenvalue weighted by atomic mass is 10.1. The Kier molecular flexibility index (Phi) is 7.90. The zero-order chi connectivity index (χ0) is 21.2. The number of nitrogens with zero attached hydrogens (tertiary/aromatic N) is 2. The molecule has 8 nitrogen and oxygen atoms in total. The second-order valence-electron chi connectivity index (χ2n) is 5.92. The van der Waals surface area contributed by atoms with E-state index in [1.807, 2.05) is 0 Å². The lowest BCUT2D eigenvalue weighted by molar-refractivity contribution is -0.154. The van der Waals surface area contributed by atoms with Crippen LogP contribution in [0.4, 0.5) is 0 Å². The monoisotopic (exact) mass is 398 g/mol. The van der Waals surface area contributed by atoms with Crippen molar-refractivity contribution in [2.24, 2.45) is 10.3 Å². The zero-order valence-electron chi connectivity index (χ0n) is 16.2. The van der Waals surface area contributed by atoms with E-state index in [0.29, 0.717) is 35.4 Å². The highest BCUT2D eigenvalue weighted by Gasteiger charge is 2.15. The smallest absolute Gasteiger partial charge is 0.346 e. The molecule has 152 valence electrons. The van der Waals surface area contributed by atoms with Gasteiger partial charge in [0.2, 0.25) is 0 Å². The van der Waals surface area contributed by atoms with E-state index < -0.39 is 18.4 Å². The molecule has 29 heavy (non-hydrogen) atoms. The Morgan fingerprint density at radius 3 is 1.48 bits per heavy atom. The third-order valence-electron chi connectivity index (χ3n) is 3.90. The lowest BCUT2D eigenvalue weighted by Gasteiger charge is -2.06. The average molecular weight is 398 g/mol. The maximum absolute atomic E-state index is 11.8. The summed E-state index contributed by atoms with van der Waals surface area (Å²) in [7, 11) is 0. The van der Waals surface area contributed by atoms with Crippen molar-refractivity contribution in [1.82, 2.24) is 0 Å². The van der Waals surface area contributed by atoms with Gasteiger partial charge in [0.25, 0.3) is 0 Å². The van der Waals surface area contributed by atoms with Crippen LogP contribution < -0.4 is 0 Å². The summed E-state index contributed by atoms with van der Waals surface area (Å²) in [5.41, 5.74) is 1.58.